The molecule has 0 aliphatic rings. The van der Waals surface area contributed by atoms with Crippen molar-refractivity contribution in [2.45, 2.75) is 31.6 Å². The topological polar surface area (TPSA) is 77.2 Å². The summed E-state index contributed by atoms with van der Waals surface area (Å²) in [5.74, 6) is 1.23. The summed E-state index contributed by atoms with van der Waals surface area (Å²) in [7, 11) is 0. The van der Waals surface area contributed by atoms with Crippen molar-refractivity contribution in [3.8, 4) is 5.75 Å². The van der Waals surface area contributed by atoms with E-state index in [1.54, 1.807) is 24.3 Å². The van der Waals surface area contributed by atoms with Gasteiger partial charge in [-0.2, -0.15) is 0 Å². The minimum Gasteiger partial charge on any atom is -0.484 e. The van der Waals surface area contributed by atoms with Gasteiger partial charge >= 0.3 is 0 Å². The highest BCUT2D eigenvalue weighted by Gasteiger charge is 2.10. The summed E-state index contributed by atoms with van der Waals surface area (Å²) < 4.78 is 10.9. The summed E-state index contributed by atoms with van der Waals surface area (Å²) >= 11 is 7.01. The summed E-state index contributed by atoms with van der Waals surface area (Å²) in [6.45, 7) is 2.94. The number of nitrogens with zero attached hydrogens (tertiary/aromatic N) is 2. The molecule has 0 radical (unpaired) electrons. The van der Waals surface area contributed by atoms with Gasteiger partial charge in [-0.05, 0) is 30.7 Å². The zero-order valence-corrected chi connectivity index (χ0v) is 14.3. The smallest absolute Gasteiger partial charge is 0.277 e. The SMILES string of the molecule is CCCCNC(=O)CSc1nnc(COc2ccc(Cl)cc2)o1. The molecule has 0 saturated heterocycles. The maximum Gasteiger partial charge on any atom is 0.277 e. The van der Waals surface area contributed by atoms with Crippen LogP contribution >= 0.6 is 23.4 Å². The second kappa shape index (κ2) is 9.42. The van der Waals surface area contributed by atoms with Crippen molar-refractivity contribution in [2.24, 2.45) is 0 Å². The van der Waals surface area contributed by atoms with E-state index in [2.05, 4.69) is 22.4 Å². The van der Waals surface area contributed by atoms with Gasteiger partial charge in [0.1, 0.15) is 5.75 Å². The zero-order chi connectivity index (χ0) is 16.5. The largest absolute Gasteiger partial charge is 0.484 e. The van der Waals surface area contributed by atoms with Crippen LogP contribution in [0.15, 0.2) is 33.9 Å². The second-order valence-corrected chi connectivity index (χ2v) is 6.06. The zero-order valence-electron chi connectivity index (χ0n) is 12.8. The number of nitrogens with one attached hydrogen (secondary N) is 1. The Morgan fingerprint density at radius 3 is 2.87 bits per heavy atom. The first-order valence-electron chi connectivity index (χ1n) is 7.27. The van der Waals surface area contributed by atoms with Crippen molar-refractivity contribution in [3.63, 3.8) is 0 Å². The van der Waals surface area contributed by atoms with Crippen LogP contribution in [-0.4, -0.2) is 28.4 Å². The van der Waals surface area contributed by atoms with Crippen LogP contribution in [0.3, 0.4) is 0 Å². The molecular weight excluding hydrogens is 338 g/mol. The minimum atomic E-state index is -0.0411. The maximum absolute atomic E-state index is 11.6. The molecule has 1 aromatic carbocycles. The van der Waals surface area contributed by atoms with E-state index in [1.807, 2.05) is 0 Å². The molecular formula is C15H18ClN3O3S. The van der Waals surface area contributed by atoms with E-state index in [0.717, 1.165) is 12.8 Å². The summed E-state index contributed by atoms with van der Waals surface area (Å²) in [6, 6.07) is 7.00. The van der Waals surface area contributed by atoms with E-state index < -0.39 is 0 Å². The van der Waals surface area contributed by atoms with Gasteiger partial charge < -0.3 is 14.5 Å². The van der Waals surface area contributed by atoms with Gasteiger partial charge in [-0.3, -0.25) is 4.79 Å². The van der Waals surface area contributed by atoms with Crippen LogP contribution in [-0.2, 0) is 11.4 Å². The van der Waals surface area contributed by atoms with E-state index in [0.29, 0.717) is 28.4 Å². The summed E-state index contributed by atoms with van der Waals surface area (Å²) in [5, 5.41) is 11.6. The van der Waals surface area contributed by atoms with E-state index >= 15 is 0 Å². The second-order valence-electron chi connectivity index (χ2n) is 4.70. The number of benzene rings is 1. The molecule has 2 rings (SSSR count). The molecule has 0 spiro atoms. The van der Waals surface area contributed by atoms with Gasteiger partial charge in [0, 0.05) is 11.6 Å². The number of carbonyl (C=O) groups is 1. The fraction of sp³-hybridized carbons (Fsp3) is 0.400. The van der Waals surface area contributed by atoms with Crippen molar-refractivity contribution in [1.82, 2.24) is 15.5 Å². The minimum absolute atomic E-state index is 0.0411. The van der Waals surface area contributed by atoms with Gasteiger partial charge in [-0.1, -0.05) is 36.7 Å². The van der Waals surface area contributed by atoms with Gasteiger partial charge in [0.15, 0.2) is 6.61 Å². The van der Waals surface area contributed by atoms with Gasteiger partial charge in [0.25, 0.3) is 11.1 Å². The lowest BCUT2D eigenvalue weighted by Crippen LogP contribution is -2.25. The maximum atomic E-state index is 11.6. The van der Waals surface area contributed by atoms with Gasteiger partial charge in [-0.25, -0.2) is 0 Å². The third-order valence-corrected chi connectivity index (χ3v) is 3.87. The van der Waals surface area contributed by atoms with Crippen LogP contribution in [0.1, 0.15) is 25.7 Å². The predicted octanol–water partition coefficient (Wildman–Crippen LogP) is 3.31. The summed E-state index contributed by atoms with van der Waals surface area (Å²) in [5.41, 5.74) is 0. The average Bonchev–Trinajstić information content (AvgIpc) is 3.01. The molecule has 8 heteroatoms. The molecule has 6 nitrogen and oxygen atoms in total. The van der Waals surface area contributed by atoms with Crippen LogP contribution in [0.2, 0.25) is 5.02 Å². The van der Waals surface area contributed by atoms with E-state index in [9.17, 15) is 4.79 Å². The number of ether oxygens (including phenoxy) is 1. The number of halogens is 1. The Kier molecular flexibility index (Phi) is 7.22. The first kappa shape index (κ1) is 17.6. The van der Waals surface area contributed by atoms with Gasteiger partial charge in [0.05, 0.1) is 5.75 Å². The first-order valence-corrected chi connectivity index (χ1v) is 8.64. The molecule has 1 N–H and O–H groups in total. The number of aromatic nitrogens is 2. The molecule has 0 fully saturated rings. The quantitative estimate of drug-likeness (QED) is 0.549. The molecule has 2 aromatic rings. The molecule has 0 saturated carbocycles. The molecule has 0 aliphatic carbocycles. The van der Waals surface area contributed by atoms with Crippen molar-refractivity contribution in [1.29, 1.82) is 0 Å². The number of thioether (sulfide) groups is 1. The number of carbonyl (C=O) groups excluding carboxylic acids is 1. The van der Waals surface area contributed by atoms with Crippen LogP contribution < -0.4 is 10.1 Å². The molecule has 1 amide bonds. The molecule has 0 bridgehead atoms. The number of hydrogen-bond acceptors (Lipinski definition) is 6. The fourth-order valence-electron chi connectivity index (χ4n) is 1.61. The lowest BCUT2D eigenvalue weighted by atomic mass is 10.3. The Morgan fingerprint density at radius 2 is 2.13 bits per heavy atom. The molecule has 0 aliphatic heterocycles. The number of hydrogen-bond donors (Lipinski definition) is 1. The first-order chi connectivity index (χ1) is 11.2. The molecule has 0 atom stereocenters. The number of amides is 1. The van der Waals surface area contributed by atoms with Crippen LogP contribution in [0, 0.1) is 0 Å². The lowest BCUT2D eigenvalue weighted by molar-refractivity contribution is -0.118. The molecule has 0 unspecified atom stereocenters. The van der Waals surface area contributed by atoms with Gasteiger partial charge in [0.2, 0.25) is 5.91 Å². The van der Waals surface area contributed by atoms with Gasteiger partial charge in [-0.15, -0.1) is 10.2 Å². The fourth-order valence-corrected chi connectivity index (χ4v) is 2.35. The Hall–Kier alpha value is -1.73. The van der Waals surface area contributed by atoms with Crippen LogP contribution in [0.25, 0.3) is 0 Å². The molecule has 23 heavy (non-hydrogen) atoms. The summed E-state index contributed by atoms with van der Waals surface area (Å²) in [6.07, 6.45) is 2.03. The lowest BCUT2D eigenvalue weighted by Gasteiger charge is -2.02. The third kappa shape index (κ3) is 6.50. The Bertz CT molecular complexity index is 619. The molecule has 1 heterocycles. The highest BCUT2D eigenvalue weighted by Crippen LogP contribution is 2.19. The standard InChI is InChI=1S/C15H18ClN3O3S/c1-2-3-8-17-13(20)10-23-15-19-18-14(22-15)9-21-12-6-4-11(16)5-7-12/h4-7H,2-3,8-10H2,1H3,(H,17,20). The van der Waals surface area contributed by atoms with E-state index in [1.165, 1.54) is 11.8 Å². The molecule has 1 aromatic heterocycles. The highest BCUT2D eigenvalue weighted by molar-refractivity contribution is 7.99. The van der Waals surface area contributed by atoms with E-state index in [-0.39, 0.29) is 18.3 Å². The molecule has 124 valence electrons. The van der Waals surface area contributed by atoms with E-state index in [4.69, 9.17) is 20.8 Å². The number of unbranched alkanes of at least 4 members (excludes halogenated alkanes) is 1. The Morgan fingerprint density at radius 1 is 1.35 bits per heavy atom. The van der Waals surface area contributed by atoms with Crippen molar-refractivity contribution < 1.29 is 13.9 Å². The Labute approximate surface area is 143 Å². The van der Waals surface area contributed by atoms with Crippen molar-refractivity contribution in [3.05, 3.63) is 35.2 Å². The number of rotatable bonds is 9. The Balaban J connectivity index is 1.72. The monoisotopic (exact) mass is 355 g/mol. The predicted molar refractivity (Wildman–Crippen MR) is 88.7 cm³/mol. The highest BCUT2D eigenvalue weighted by atomic mass is 35.5. The normalized spacial score (nSPS) is 10.5. The van der Waals surface area contributed by atoms with Crippen molar-refractivity contribution in [2.75, 3.05) is 12.3 Å². The van der Waals surface area contributed by atoms with Crippen molar-refractivity contribution >= 4 is 29.3 Å². The summed E-state index contributed by atoms with van der Waals surface area (Å²) in [4.78, 5) is 11.6. The third-order valence-electron chi connectivity index (χ3n) is 2.80. The average molecular weight is 356 g/mol. The van der Waals surface area contributed by atoms with Crippen LogP contribution in [0.4, 0.5) is 0 Å². The van der Waals surface area contributed by atoms with Crippen LogP contribution in [0.5, 0.6) is 5.75 Å².